The summed E-state index contributed by atoms with van der Waals surface area (Å²) in [5.41, 5.74) is 0.481. The van der Waals surface area contributed by atoms with Crippen molar-refractivity contribution < 1.29 is 23.7 Å². The van der Waals surface area contributed by atoms with Crippen LogP contribution < -0.4 is 0 Å². The fraction of sp³-hybridized carbons (Fsp3) is 0.966. The number of ether oxygens (including phenoxy) is 4. The molecular weight excluding hydrogens is 428 g/mol. The minimum Gasteiger partial charge on any atom is -0.353 e. The molecule has 0 aromatic heterocycles. The lowest BCUT2D eigenvalue weighted by molar-refractivity contribution is -0.222. The third kappa shape index (κ3) is 4.31. The van der Waals surface area contributed by atoms with E-state index in [4.69, 9.17) is 18.9 Å². The summed E-state index contributed by atoms with van der Waals surface area (Å²) in [6.07, 6.45) is 12.6. The Morgan fingerprint density at radius 2 is 1.71 bits per heavy atom. The second-order valence-electron chi connectivity index (χ2n) is 12.5. The first-order chi connectivity index (χ1) is 16.4. The van der Waals surface area contributed by atoms with Gasteiger partial charge in [-0.05, 0) is 113 Å². The summed E-state index contributed by atoms with van der Waals surface area (Å²) >= 11 is 0. The monoisotopic (exact) mass is 476 g/mol. The van der Waals surface area contributed by atoms with E-state index in [0.29, 0.717) is 43.4 Å². The van der Waals surface area contributed by atoms with E-state index in [2.05, 4.69) is 13.8 Å². The normalized spacial score (nSPS) is 46.7. The van der Waals surface area contributed by atoms with Gasteiger partial charge >= 0.3 is 0 Å². The lowest BCUT2D eigenvalue weighted by Gasteiger charge is -2.61. The van der Waals surface area contributed by atoms with E-state index in [-0.39, 0.29) is 29.3 Å². The van der Waals surface area contributed by atoms with E-state index < -0.39 is 0 Å². The summed E-state index contributed by atoms with van der Waals surface area (Å²) in [7, 11) is 0. The molecule has 0 spiro atoms. The average molecular weight is 477 g/mol. The van der Waals surface area contributed by atoms with Gasteiger partial charge in [0.1, 0.15) is 5.78 Å². The van der Waals surface area contributed by atoms with Crippen LogP contribution in [0.4, 0.5) is 0 Å². The number of hydrogen-bond donors (Lipinski definition) is 0. The van der Waals surface area contributed by atoms with Crippen LogP contribution in [0.15, 0.2) is 0 Å². The van der Waals surface area contributed by atoms with Crippen LogP contribution in [0.1, 0.15) is 98.3 Å². The predicted octanol–water partition coefficient (Wildman–Crippen LogP) is 6.14. The number of ketones is 1. The maximum atomic E-state index is 13.2. The first kappa shape index (κ1) is 25.2. The van der Waals surface area contributed by atoms with Crippen LogP contribution in [0, 0.1) is 40.4 Å². The minimum absolute atomic E-state index is 0.0134. The van der Waals surface area contributed by atoms with Gasteiger partial charge in [-0.1, -0.05) is 13.8 Å². The van der Waals surface area contributed by atoms with Gasteiger partial charge in [0.05, 0.1) is 12.0 Å². The first-order valence-electron chi connectivity index (χ1n) is 14.4. The van der Waals surface area contributed by atoms with Gasteiger partial charge in [0.25, 0.3) is 0 Å². The van der Waals surface area contributed by atoms with E-state index in [9.17, 15) is 4.79 Å². The third-order valence-electron chi connectivity index (χ3n) is 10.9. The number of hydrogen-bond acceptors (Lipinski definition) is 5. The van der Waals surface area contributed by atoms with Crippen molar-refractivity contribution in [1.82, 2.24) is 0 Å². The summed E-state index contributed by atoms with van der Waals surface area (Å²) in [6.45, 7) is 11.1. The van der Waals surface area contributed by atoms with Gasteiger partial charge in [-0.15, -0.1) is 0 Å². The molecule has 0 N–H and O–H groups in total. The molecule has 4 aliphatic carbocycles. The highest BCUT2D eigenvalue weighted by Gasteiger charge is 2.62. The molecule has 5 nitrogen and oxygen atoms in total. The van der Waals surface area contributed by atoms with Crippen LogP contribution in [-0.4, -0.2) is 44.3 Å². The van der Waals surface area contributed by atoms with Crippen molar-refractivity contribution >= 4 is 5.78 Å². The molecule has 1 heterocycles. The highest BCUT2D eigenvalue weighted by atomic mass is 16.7. The lowest BCUT2D eigenvalue weighted by Crippen LogP contribution is -2.57. The van der Waals surface area contributed by atoms with Crippen LogP contribution >= 0.6 is 0 Å². The molecule has 1 aliphatic heterocycles. The molecule has 5 fully saturated rings. The molecular formula is C29H48O5. The predicted molar refractivity (Wildman–Crippen MR) is 131 cm³/mol. The smallest absolute Gasteiger partial charge is 0.167 e. The number of carbonyl (C=O) groups is 1. The molecule has 9 atom stereocenters. The number of carbonyl (C=O) groups excluding carboxylic acids is 1. The van der Waals surface area contributed by atoms with Gasteiger partial charge in [0.2, 0.25) is 0 Å². The lowest BCUT2D eigenvalue weighted by atomic mass is 9.44. The van der Waals surface area contributed by atoms with Crippen molar-refractivity contribution in [2.24, 2.45) is 40.4 Å². The zero-order chi connectivity index (χ0) is 23.9. The molecule has 0 bridgehead atoms. The van der Waals surface area contributed by atoms with Gasteiger partial charge in [-0.25, -0.2) is 0 Å². The quantitative estimate of drug-likeness (QED) is 0.413. The van der Waals surface area contributed by atoms with Gasteiger partial charge in [0, 0.05) is 26.2 Å². The summed E-state index contributed by atoms with van der Waals surface area (Å²) in [6, 6.07) is 0. The Morgan fingerprint density at radius 3 is 2.41 bits per heavy atom. The molecule has 194 valence electrons. The topological polar surface area (TPSA) is 54.0 Å². The van der Waals surface area contributed by atoms with E-state index >= 15 is 0 Å². The Hall–Kier alpha value is -0.490. The Bertz CT molecular complexity index is 713. The second-order valence-corrected chi connectivity index (χ2v) is 12.5. The molecule has 1 saturated heterocycles. The summed E-state index contributed by atoms with van der Waals surface area (Å²) in [5, 5.41) is 0. The molecule has 5 rings (SSSR count). The average Bonchev–Trinajstić information content (AvgIpc) is 3.16. The summed E-state index contributed by atoms with van der Waals surface area (Å²) < 4.78 is 24.5. The van der Waals surface area contributed by atoms with Gasteiger partial charge < -0.3 is 18.9 Å². The molecule has 4 saturated carbocycles. The van der Waals surface area contributed by atoms with Crippen LogP contribution in [0.2, 0.25) is 0 Å². The zero-order valence-electron chi connectivity index (χ0n) is 22.1. The highest BCUT2D eigenvalue weighted by molar-refractivity contribution is 5.82. The largest absolute Gasteiger partial charge is 0.353 e. The van der Waals surface area contributed by atoms with Crippen LogP contribution in [0.25, 0.3) is 0 Å². The SMILES string of the molecule is CCOC(OCC)[C@@H]1C[C@@]2(C)[C@@H](CC[C@@H]3[C@@H]2CC[C@]2(C)[C@@H](OC4CCCCO4)CC[C@@H]32)CC1=O. The van der Waals surface area contributed by atoms with Crippen molar-refractivity contribution in [2.45, 2.75) is 117 Å². The highest BCUT2D eigenvalue weighted by Crippen LogP contribution is 2.67. The molecule has 1 unspecified atom stereocenters. The van der Waals surface area contributed by atoms with Gasteiger partial charge in [-0.2, -0.15) is 0 Å². The third-order valence-corrected chi connectivity index (χ3v) is 10.9. The zero-order valence-corrected chi connectivity index (χ0v) is 22.1. The number of fused-ring (bicyclic) bond motifs is 5. The fourth-order valence-corrected chi connectivity index (χ4v) is 9.20. The molecule has 0 radical (unpaired) electrons. The molecule has 0 amide bonds. The number of rotatable bonds is 7. The van der Waals surface area contributed by atoms with Crippen molar-refractivity contribution in [3.05, 3.63) is 0 Å². The first-order valence-corrected chi connectivity index (χ1v) is 14.4. The fourth-order valence-electron chi connectivity index (χ4n) is 9.20. The molecule has 34 heavy (non-hydrogen) atoms. The van der Waals surface area contributed by atoms with E-state index in [0.717, 1.165) is 31.3 Å². The maximum absolute atomic E-state index is 13.2. The number of Topliss-reactive ketones (excluding diaryl/α,β-unsaturated/α-hetero) is 1. The molecule has 5 heteroatoms. The van der Waals surface area contributed by atoms with Gasteiger partial charge in [0.15, 0.2) is 12.6 Å². The standard InChI is InChI=1S/C29H48O5/c1-5-31-27(32-6-2)21-18-29(4)19(17-24(21)30)10-11-20-22-12-13-25(28(22,3)15-14-23(20)29)34-26-9-7-8-16-33-26/h19-23,25-27H,5-18H2,1-4H3/t19-,20-,21+,22-,23-,25-,26?,28-,29-/m0/s1. The summed E-state index contributed by atoms with van der Waals surface area (Å²) in [5.74, 6) is 2.98. The second kappa shape index (κ2) is 10.1. The van der Waals surface area contributed by atoms with Crippen LogP contribution in [0.5, 0.6) is 0 Å². The Morgan fingerprint density at radius 1 is 0.941 bits per heavy atom. The van der Waals surface area contributed by atoms with Crippen LogP contribution in [-0.2, 0) is 23.7 Å². The minimum atomic E-state index is -0.380. The van der Waals surface area contributed by atoms with Crippen molar-refractivity contribution in [3.8, 4) is 0 Å². The maximum Gasteiger partial charge on any atom is 0.167 e. The van der Waals surface area contributed by atoms with Crippen molar-refractivity contribution in [1.29, 1.82) is 0 Å². The van der Waals surface area contributed by atoms with Crippen molar-refractivity contribution in [3.63, 3.8) is 0 Å². The molecule has 0 aromatic rings. The van der Waals surface area contributed by atoms with Gasteiger partial charge in [-0.3, -0.25) is 4.79 Å². The van der Waals surface area contributed by atoms with Crippen LogP contribution in [0.3, 0.4) is 0 Å². The van der Waals surface area contributed by atoms with E-state index in [1.807, 2.05) is 13.8 Å². The Kier molecular flexibility index (Phi) is 7.48. The van der Waals surface area contributed by atoms with E-state index in [1.54, 1.807) is 0 Å². The molecule has 5 aliphatic rings. The summed E-state index contributed by atoms with van der Waals surface area (Å²) in [4.78, 5) is 13.2. The Balaban J connectivity index is 1.33. The molecule has 0 aromatic carbocycles. The Labute approximate surface area is 207 Å². The van der Waals surface area contributed by atoms with E-state index in [1.165, 1.54) is 51.4 Å². The van der Waals surface area contributed by atoms with Crippen molar-refractivity contribution in [2.75, 3.05) is 19.8 Å².